The lowest BCUT2D eigenvalue weighted by molar-refractivity contribution is 0.676. The second-order valence-corrected chi connectivity index (χ2v) is 5.33. The van der Waals surface area contributed by atoms with Gasteiger partial charge in [0.2, 0.25) is 0 Å². The lowest BCUT2D eigenvalue weighted by atomic mass is 10.1. The average Bonchev–Trinajstić information content (AvgIpc) is 2.89. The van der Waals surface area contributed by atoms with E-state index in [0.717, 1.165) is 23.1 Å². The fourth-order valence-electron chi connectivity index (χ4n) is 2.16. The van der Waals surface area contributed by atoms with E-state index in [0.29, 0.717) is 0 Å². The van der Waals surface area contributed by atoms with Gasteiger partial charge in [0.15, 0.2) is 5.96 Å². The molecule has 2 aromatic rings. The standard InChI is InChI=1S/C16H21ClN4.HI/c1-12(14-8-4-5-9-15(14)17)20-16(18-2)19-11-13-7-6-10-21(13)3;/h4-10,12H,11H2,1-3H3,(H2,18,19,20);1H. The summed E-state index contributed by atoms with van der Waals surface area (Å²) in [6.07, 6.45) is 2.03. The maximum absolute atomic E-state index is 6.22. The zero-order valence-corrected chi connectivity index (χ0v) is 16.1. The molecule has 2 N–H and O–H groups in total. The maximum Gasteiger partial charge on any atom is 0.191 e. The zero-order chi connectivity index (χ0) is 15.2. The highest BCUT2D eigenvalue weighted by Gasteiger charge is 2.10. The number of aliphatic imine (C=N–C) groups is 1. The number of aryl methyl sites for hydroxylation is 1. The Balaban J connectivity index is 0.00000242. The second kappa shape index (κ2) is 9.05. The molecule has 22 heavy (non-hydrogen) atoms. The summed E-state index contributed by atoms with van der Waals surface area (Å²) >= 11 is 6.22. The van der Waals surface area contributed by atoms with Gasteiger partial charge < -0.3 is 15.2 Å². The van der Waals surface area contributed by atoms with Gasteiger partial charge >= 0.3 is 0 Å². The van der Waals surface area contributed by atoms with Crippen LogP contribution in [0.5, 0.6) is 0 Å². The topological polar surface area (TPSA) is 41.4 Å². The smallest absolute Gasteiger partial charge is 0.191 e. The van der Waals surface area contributed by atoms with E-state index < -0.39 is 0 Å². The number of nitrogens with one attached hydrogen (secondary N) is 2. The molecule has 6 heteroatoms. The van der Waals surface area contributed by atoms with E-state index >= 15 is 0 Å². The first-order chi connectivity index (χ1) is 10.1. The molecule has 0 saturated heterocycles. The van der Waals surface area contributed by atoms with Gasteiger partial charge in [-0.15, -0.1) is 24.0 Å². The Labute approximate surface area is 154 Å². The van der Waals surface area contributed by atoms with Crippen LogP contribution < -0.4 is 10.6 Å². The summed E-state index contributed by atoms with van der Waals surface area (Å²) in [5.74, 6) is 0.753. The number of hydrogen-bond donors (Lipinski definition) is 2. The zero-order valence-electron chi connectivity index (χ0n) is 13.0. The SMILES string of the molecule is CN=C(NCc1cccn1C)NC(C)c1ccccc1Cl.I. The molecule has 1 unspecified atom stereocenters. The summed E-state index contributed by atoms with van der Waals surface area (Å²) in [7, 11) is 3.79. The van der Waals surface area contributed by atoms with Crippen LogP contribution in [0.2, 0.25) is 5.02 Å². The van der Waals surface area contributed by atoms with E-state index in [1.54, 1.807) is 7.05 Å². The van der Waals surface area contributed by atoms with Crippen molar-refractivity contribution in [2.24, 2.45) is 12.0 Å². The van der Waals surface area contributed by atoms with E-state index in [1.165, 1.54) is 5.69 Å². The van der Waals surface area contributed by atoms with Crippen LogP contribution in [0.3, 0.4) is 0 Å². The third-order valence-corrected chi connectivity index (χ3v) is 3.78. The lowest BCUT2D eigenvalue weighted by Gasteiger charge is -2.19. The third kappa shape index (κ3) is 4.91. The molecule has 120 valence electrons. The van der Waals surface area contributed by atoms with Gasteiger partial charge in [-0.05, 0) is 30.7 Å². The van der Waals surface area contributed by atoms with E-state index in [9.17, 15) is 0 Å². The first-order valence-electron chi connectivity index (χ1n) is 6.93. The van der Waals surface area contributed by atoms with Crippen molar-refractivity contribution in [1.29, 1.82) is 0 Å². The Morgan fingerprint density at radius 1 is 1.27 bits per heavy atom. The summed E-state index contributed by atoms with van der Waals surface area (Å²) < 4.78 is 2.08. The fourth-order valence-corrected chi connectivity index (χ4v) is 2.46. The summed E-state index contributed by atoms with van der Waals surface area (Å²) in [5, 5.41) is 7.42. The first-order valence-corrected chi connectivity index (χ1v) is 7.31. The summed E-state index contributed by atoms with van der Waals surface area (Å²) in [4.78, 5) is 4.25. The summed E-state index contributed by atoms with van der Waals surface area (Å²) in [6.45, 7) is 2.79. The van der Waals surface area contributed by atoms with Crippen LogP contribution in [0, 0.1) is 0 Å². The molecule has 0 spiro atoms. The van der Waals surface area contributed by atoms with Gasteiger partial charge in [-0.1, -0.05) is 29.8 Å². The molecule has 0 radical (unpaired) electrons. The van der Waals surface area contributed by atoms with Crippen LogP contribution in [0.4, 0.5) is 0 Å². The minimum Gasteiger partial charge on any atom is -0.353 e. The summed E-state index contributed by atoms with van der Waals surface area (Å²) in [6, 6.07) is 12.0. The van der Waals surface area contributed by atoms with Crippen LogP contribution in [-0.4, -0.2) is 17.6 Å². The molecule has 0 saturated carbocycles. The fraction of sp³-hybridized carbons (Fsp3) is 0.312. The molecule has 0 fully saturated rings. The molecule has 0 aliphatic carbocycles. The minimum atomic E-state index is 0. The van der Waals surface area contributed by atoms with Crippen molar-refractivity contribution in [3.8, 4) is 0 Å². The van der Waals surface area contributed by atoms with Crippen LogP contribution >= 0.6 is 35.6 Å². The first kappa shape index (κ1) is 18.8. The highest BCUT2D eigenvalue weighted by atomic mass is 127. The number of hydrogen-bond acceptors (Lipinski definition) is 1. The molecule has 0 aliphatic heterocycles. The molecule has 1 aromatic heterocycles. The van der Waals surface area contributed by atoms with Crippen molar-refractivity contribution in [2.45, 2.75) is 19.5 Å². The largest absolute Gasteiger partial charge is 0.353 e. The molecule has 1 atom stereocenters. The molecule has 0 bridgehead atoms. The van der Waals surface area contributed by atoms with Crippen LogP contribution in [0.1, 0.15) is 24.2 Å². The Kier molecular flexibility index (Phi) is 7.75. The number of nitrogens with zero attached hydrogens (tertiary/aromatic N) is 2. The van der Waals surface area contributed by atoms with E-state index in [1.807, 2.05) is 43.6 Å². The van der Waals surface area contributed by atoms with Crippen molar-refractivity contribution >= 4 is 41.5 Å². The number of aromatic nitrogens is 1. The third-order valence-electron chi connectivity index (χ3n) is 3.44. The molecule has 1 aromatic carbocycles. The highest BCUT2D eigenvalue weighted by Crippen LogP contribution is 2.21. The van der Waals surface area contributed by atoms with Crippen LogP contribution in [0.25, 0.3) is 0 Å². The Morgan fingerprint density at radius 2 is 2.00 bits per heavy atom. The van der Waals surface area contributed by atoms with Gasteiger partial charge in [0, 0.05) is 31.0 Å². The summed E-state index contributed by atoms with van der Waals surface area (Å²) in [5.41, 5.74) is 2.25. The van der Waals surface area contributed by atoms with Gasteiger partial charge in [0.25, 0.3) is 0 Å². The molecule has 4 nitrogen and oxygen atoms in total. The van der Waals surface area contributed by atoms with Crippen molar-refractivity contribution < 1.29 is 0 Å². The maximum atomic E-state index is 6.22. The van der Waals surface area contributed by atoms with Gasteiger partial charge in [0.1, 0.15) is 0 Å². The van der Waals surface area contributed by atoms with E-state index in [4.69, 9.17) is 11.6 Å². The quantitative estimate of drug-likeness (QED) is 0.439. The van der Waals surface area contributed by atoms with Crippen molar-refractivity contribution in [2.75, 3.05) is 7.05 Å². The predicted molar refractivity (Wildman–Crippen MR) is 104 cm³/mol. The van der Waals surface area contributed by atoms with Gasteiger partial charge in [-0.2, -0.15) is 0 Å². The van der Waals surface area contributed by atoms with Crippen molar-refractivity contribution in [1.82, 2.24) is 15.2 Å². The monoisotopic (exact) mass is 432 g/mol. The molecular formula is C16H22ClIN4. The van der Waals surface area contributed by atoms with Gasteiger partial charge in [0.05, 0.1) is 12.6 Å². The van der Waals surface area contributed by atoms with Crippen molar-refractivity contribution in [3.63, 3.8) is 0 Å². The van der Waals surface area contributed by atoms with E-state index in [2.05, 4.69) is 33.2 Å². The molecule has 0 amide bonds. The lowest BCUT2D eigenvalue weighted by Crippen LogP contribution is -2.38. The molecule has 0 aliphatic rings. The Bertz CT molecular complexity index is 624. The number of guanidine groups is 1. The second-order valence-electron chi connectivity index (χ2n) is 4.92. The minimum absolute atomic E-state index is 0. The Morgan fingerprint density at radius 3 is 2.59 bits per heavy atom. The number of rotatable bonds is 4. The van der Waals surface area contributed by atoms with Crippen molar-refractivity contribution in [3.05, 3.63) is 58.9 Å². The Hall–Kier alpha value is -1.21. The van der Waals surface area contributed by atoms with Crippen LogP contribution in [0.15, 0.2) is 47.6 Å². The number of halogens is 2. The van der Waals surface area contributed by atoms with E-state index in [-0.39, 0.29) is 30.0 Å². The molecule has 2 rings (SSSR count). The average molecular weight is 433 g/mol. The van der Waals surface area contributed by atoms with Gasteiger partial charge in [-0.3, -0.25) is 4.99 Å². The van der Waals surface area contributed by atoms with Crippen LogP contribution in [-0.2, 0) is 13.6 Å². The van der Waals surface area contributed by atoms with Gasteiger partial charge in [-0.25, -0.2) is 0 Å². The normalized spacial score (nSPS) is 12.5. The molecular weight excluding hydrogens is 411 g/mol. The highest BCUT2D eigenvalue weighted by molar-refractivity contribution is 14.0. The predicted octanol–water partition coefficient (Wildman–Crippen LogP) is 3.72. The molecule has 1 heterocycles. The number of benzene rings is 1.